The fourth-order valence-corrected chi connectivity index (χ4v) is 0.614. The standard InChI is InChI=1S/C7H6O3.2CH4N2OS.K.H/c8-4-5-1-2-6(9)7(10)3-5;2*2-3-1(4)5;;/h1-4,9-10H;2*2H2,(H2,3,4,5);;/q;;;+1;-1. The summed E-state index contributed by atoms with van der Waals surface area (Å²) in [4.78, 5) is 29.0. The van der Waals surface area contributed by atoms with Gasteiger partial charge >= 0.3 is 51.4 Å². The van der Waals surface area contributed by atoms with E-state index in [9.17, 15) is 14.4 Å². The second-order valence-electron chi connectivity index (χ2n) is 2.76. The molecule has 2 amide bonds. The van der Waals surface area contributed by atoms with Crippen LogP contribution in [0.4, 0.5) is 9.59 Å². The molecule has 0 aliphatic carbocycles. The zero-order valence-corrected chi connectivity index (χ0v) is 15.9. The van der Waals surface area contributed by atoms with Gasteiger partial charge in [-0.05, 0) is 18.2 Å². The van der Waals surface area contributed by atoms with Crippen LogP contribution in [-0.2, 0) is 0 Å². The van der Waals surface area contributed by atoms with Crippen molar-refractivity contribution in [3.8, 4) is 11.5 Å². The number of amides is 2. The maximum absolute atomic E-state index is 10.1. The van der Waals surface area contributed by atoms with Crippen LogP contribution in [0.1, 0.15) is 11.8 Å². The maximum Gasteiger partial charge on any atom is 1.00 e. The van der Waals surface area contributed by atoms with E-state index in [1.807, 2.05) is 0 Å². The Morgan fingerprint density at radius 3 is 1.71 bits per heavy atom. The second kappa shape index (κ2) is 16.1. The minimum absolute atomic E-state index is 0. The van der Waals surface area contributed by atoms with E-state index in [4.69, 9.17) is 10.2 Å². The van der Waals surface area contributed by atoms with Crippen molar-refractivity contribution in [2.45, 2.75) is 0 Å². The molecular formula is C9H15KN4O5S2. The summed E-state index contributed by atoms with van der Waals surface area (Å²) in [6, 6.07) is 3.88. The molecule has 9 nitrogen and oxygen atoms in total. The van der Waals surface area contributed by atoms with Crippen LogP contribution in [0.2, 0.25) is 0 Å². The summed E-state index contributed by atoms with van der Waals surface area (Å²) in [5, 5.41) is 16.5. The normalized spacial score (nSPS) is 7.62. The second-order valence-corrected chi connectivity index (χ2v) is 3.58. The van der Waals surface area contributed by atoms with E-state index in [0.29, 0.717) is 11.8 Å². The third-order valence-electron chi connectivity index (χ3n) is 1.38. The molecule has 1 rings (SSSR count). The van der Waals surface area contributed by atoms with Crippen LogP contribution < -0.4 is 73.9 Å². The number of aldehydes is 1. The molecule has 0 heterocycles. The summed E-state index contributed by atoms with van der Waals surface area (Å²) < 4.78 is 0. The molecule has 1 aromatic rings. The number of phenols is 2. The molecule has 0 aliphatic heterocycles. The molecule has 21 heavy (non-hydrogen) atoms. The molecule has 1 aromatic carbocycles. The smallest absolute Gasteiger partial charge is 1.00 e. The third-order valence-corrected chi connectivity index (χ3v) is 1.64. The molecule has 0 aromatic heterocycles. The van der Waals surface area contributed by atoms with Gasteiger partial charge in [-0.3, -0.25) is 25.2 Å². The molecule has 114 valence electrons. The number of hydrogen-bond donors (Lipinski definition) is 8. The minimum atomic E-state index is -0.523. The molecule has 12 heteroatoms. The van der Waals surface area contributed by atoms with Gasteiger partial charge in [0.25, 0.3) is 10.5 Å². The number of phenolic OH excluding ortho intramolecular Hbond substituents is 2. The van der Waals surface area contributed by atoms with Gasteiger partial charge in [0.1, 0.15) is 6.29 Å². The van der Waals surface area contributed by atoms with Gasteiger partial charge in [-0.25, -0.2) is 11.7 Å². The quantitative estimate of drug-likeness (QED) is 0.0502. The number of hydrogen-bond acceptors (Lipinski definition) is 7. The molecule has 0 spiro atoms. The van der Waals surface area contributed by atoms with Crippen molar-refractivity contribution in [1.82, 2.24) is 10.9 Å². The summed E-state index contributed by atoms with van der Waals surface area (Å²) in [7, 11) is 0. The zero-order chi connectivity index (χ0) is 16.1. The van der Waals surface area contributed by atoms with Gasteiger partial charge in [-0.1, -0.05) is 25.3 Å². The van der Waals surface area contributed by atoms with Crippen molar-refractivity contribution in [1.29, 1.82) is 0 Å². The van der Waals surface area contributed by atoms with Crippen molar-refractivity contribution in [2.24, 2.45) is 11.7 Å². The van der Waals surface area contributed by atoms with Crippen molar-refractivity contribution < 1.29 is 77.4 Å². The van der Waals surface area contributed by atoms with Crippen molar-refractivity contribution in [2.75, 3.05) is 0 Å². The molecule has 0 fully saturated rings. The number of aromatic hydroxyl groups is 2. The number of thiol groups is 2. The van der Waals surface area contributed by atoms with E-state index >= 15 is 0 Å². The Balaban J connectivity index is -0.000000117. The van der Waals surface area contributed by atoms with Gasteiger partial charge in [0.15, 0.2) is 11.5 Å². The van der Waals surface area contributed by atoms with Gasteiger partial charge in [0, 0.05) is 5.56 Å². The SMILES string of the molecule is NNC(=O)S.NNC(=O)S.O=Cc1ccc(O)c(O)c1.[H-].[K+]. The van der Waals surface area contributed by atoms with E-state index in [1.54, 1.807) is 10.9 Å². The van der Waals surface area contributed by atoms with Gasteiger partial charge in [-0.2, -0.15) is 0 Å². The van der Waals surface area contributed by atoms with E-state index in [1.165, 1.54) is 18.2 Å². The largest absolute Gasteiger partial charge is 1.00 e. The van der Waals surface area contributed by atoms with Gasteiger partial charge in [0.2, 0.25) is 0 Å². The van der Waals surface area contributed by atoms with Crippen LogP contribution in [0.3, 0.4) is 0 Å². The molecule has 0 atom stereocenters. The summed E-state index contributed by atoms with van der Waals surface area (Å²) in [6.07, 6.45) is 0.596. The maximum atomic E-state index is 10.1. The van der Waals surface area contributed by atoms with Crippen LogP contribution in [0.15, 0.2) is 18.2 Å². The molecule has 0 aliphatic rings. The Bertz CT molecular complexity index is 456. The Labute approximate surface area is 175 Å². The van der Waals surface area contributed by atoms with Gasteiger partial charge in [0.05, 0.1) is 0 Å². The van der Waals surface area contributed by atoms with Crippen molar-refractivity contribution >= 4 is 42.0 Å². The summed E-state index contributed by atoms with van der Waals surface area (Å²) >= 11 is 6.45. The fraction of sp³-hybridized carbons (Fsp3) is 0. The number of nitrogens with two attached hydrogens (primary N) is 2. The molecule has 0 radical (unpaired) electrons. The van der Waals surface area contributed by atoms with Gasteiger partial charge < -0.3 is 11.6 Å². The van der Waals surface area contributed by atoms with Crippen LogP contribution in [0.25, 0.3) is 0 Å². The predicted octanol–water partition coefficient (Wildman–Crippen LogP) is -2.97. The molecule has 0 bridgehead atoms. The monoisotopic (exact) mass is 362 g/mol. The number of hydrazine groups is 2. The van der Waals surface area contributed by atoms with E-state index < -0.39 is 10.5 Å². The average molecular weight is 362 g/mol. The minimum Gasteiger partial charge on any atom is -1.00 e. The van der Waals surface area contributed by atoms with Crippen LogP contribution in [-0.4, -0.2) is 27.0 Å². The molecule has 0 unspecified atom stereocenters. The molecule has 8 N–H and O–H groups in total. The fourth-order valence-electron chi connectivity index (χ4n) is 0.614. The first-order chi connectivity index (χ1) is 9.28. The Morgan fingerprint density at radius 1 is 1.10 bits per heavy atom. The van der Waals surface area contributed by atoms with Gasteiger partial charge in [-0.15, -0.1) is 0 Å². The van der Waals surface area contributed by atoms with Crippen LogP contribution in [0, 0.1) is 0 Å². The van der Waals surface area contributed by atoms with E-state index in [-0.39, 0.29) is 64.3 Å². The van der Waals surface area contributed by atoms with E-state index in [0.717, 1.165) is 0 Å². The Kier molecular flexibility index (Phi) is 19.6. The third kappa shape index (κ3) is 17.6. The van der Waals surface area contributed by atoms with Crippen molar-refractivity contribution in [3.63, 3.8) is 0 Å². The predicted molar refractivity (Wildman–Crippen MR) is 79.7 cm³/mol. The number of rotatable bonds is 1. The number of carbonyl (C=O) groups excluding carboxylic acids is 3. The topological polar surface area (TPSA) is 168 Å². The summed E-state index contributed by atoms with van der Waals surface area (Å²) in [6.45, 7) is 0. The summed E-state index contributed by atoms with van der Waals surface area (Å²) in [5.41, 5.74) is 3.85. The average Bonchev–Trinajstić information content (AvgIpc) is 2.43. The molecule has 0 saturated heterocycles. The van der Waals surface area contributed by atoms with Crippen LogP contribution >= 0.6 is 25.3 Å². The van der Waals surface area contributed by atoms with Crippen molar-refractivity contribution in [3.05, 3.63) is 23.8 Å². The summed E-state index contributed by atoms with van der Waals surface area (Å²) in [5.74, 6) is 8.50. The number of carbonyl (C=O) groups is 3. The number of benzene rings is 1. The molecular weight excluding hydrogens is 347 g/mol. The first-order valence-corrected chi connectivity index (χ1v) is 5.54. The molecule has 0 saturated carbocycles. The van der Waals surface area contributed by atoms with E-state index in [2.05, 4.69) is 36.9 Å². The first-order valence-electron chi connectivity index (χ1n) is 4.64. The zero-order valence-electron chi connectivity index (χ0n) is 12.0. The van der Waals surface area contributed by atoms with Crippen LogP contribution in [0.5, 0.6) is 11.5 Å². The Morgan fingerprint density at radius 2 is 1.48 bits per heavy atom. The first kappa shape index (κ1) is 25.6. The number of nitrogens with one attached hydrogen (secondary N) is 2. The Hall–Kier alpha value is -0.314.